The van der Waals surface area contributed by atoms with Crippen LogP contribution in [0.3, 0.4) is 0 Å². The number of nitriles is 1. The van der Waals surface area contributed by atoms with Crippen LogP contribution in [-0.4, -0.2) is 11.6 Å². The van der Waals surface area contributed by atoms with Gasteiger partial charge >= 0.3 is 0 Å². The Morgan fingerprint density at radius 1 is 0.957 bits per heavy atom. The Labute approximate surface area is 132 Å². The van der Waals surface area contributed by atoms with Gasteiger partial charge in [-0.2, -0.15) is 5.26 Å². The van der Waals surface area contributed by atoms with E-state index >= 15 is 0 Å². The Bertz CT molecular complexity index is 916. The van der Waals surface area contributed by atoms with Gasteiger partial charge in [0.15, 0.2) is 0 Å². The highest BCUT2D eigenvalue weighted by Gasteiger charge is 2.40. The molecule has 1 heterocycles. The number of rotatable bonds is 1. The molecule has 2 aliphatic rings. The zero-order valence-electron chi connectivity index (χ0n) is 12.1. The Morgan fingerprint density at radius 2 is 1.65 bits per heavy atom. The lowest BCUT2D eigenvalue weighted by Crippen LogP contribution is -2.22. The Balaban J connectivity index is 1.73. The Hall–Kier alpha value is -3.19. The van der Waals surface area contributed by atoms with Gasteiger partial charge in [-0.25, -0.2) is 0 Å². The van der Waals surface area contributed by atoms with Crippen molar-refractivity contribution in [2.24, 2.45) is 0 Å². The molecular formula is C19H11NO3. The number of nitrogens with zero attached hydrogens (tertiary/aromatic N) is 1. The van der Waals surface area contributed by atoms with E-state index in [1.54, 1.807) is 30.3 Å². The fourth-order valence-electron chi connectivity index (χ4n) is 3.05. The minimum atomic E-state index is -0.477. The first-order valence-electron chi connectivity index (χ1n) is 7.27. The highest BCUT2D eigenvalue weighted by Crippen LogP contribution is 2.44. The van der Waals surface area contributed by atoms with E-state index in [1.165, 1.54) is 0 Å². The largest absolute Gasteiger partial charge is 0.484 e. The molecule has 1 unspecified atom stereocenters. The van der Waals surface area contributed by atoms with Crippen LogP contribution in [0.2, 0.25) is 0 Å². The first-order chi connectivity index (χ1) is 11.2. The Kier molecular flexibility index (Phi) is 2.88. The molecule has 4 heteroatoms. The van der Waals surface area contributed by atoms with E-state index in [4.69, 9.17) is 10.00 Å². The van der Waals surface area contributed by atoms with Gasteiger partial charge in [0.05, 0.1) is 17.2 Å². The number of ketones is 2. The predicted molar refractivity (Wildman–Crippen MR) is 82.3 cm³/mol. The summed E-state index contributed by atoms with van der Waals surface area (Å²) in [5.41, 5.74) is 2.99. The van der Waals surface area contributed by atoms with Gasteiger partial charge in [0.1, 0.15) is 11.9 Å². The van der Waals surface area contributed by atoms with E-state index < -0.39 is 11.6 Å². The van der Waals surface area contributed by atoms with E-state index in [0.717, 1.165) is 5.56 Å². The van der Waals surface area contributed by atoms with Crippen LogP contribution in [0.1, 0.15) is 39.6 Å². The van der Waals surface area contributed by atoms with Gasteiger partial charge in [0.2, 0.25) is 11.6 Å². The van der Waals surface area contributed by atoms with E-state index in [-0.39, 0.29) is 6.10 Å². The summed E-state index contributed by atoms with van der Waals surface area (Å²) in [7, 11) is 0. The van der Waals surface area contributed by atoms with Gasteiger partial charge < -0.3 is 4.74 Å². The fraction of sp³-hybridized carbons (Fsp3) is 0.105. The van der Waals surface area contributed by atoms with Gasteiger partial charge in [-0.1, -0.05) is 36.4 Å². The molecule has 0 amide bonds. The monoisotopic (exact) mass is 301 g/mol. The maximum absolute atomic E-state index is 12.3. The average Bonchev–Trinajstić information content (AvgIpc) is 3.05. The summed E-state index contributed by atoms with van der Waals surface area (Å²) in [4.78, 5) is 24.5. The van der Waals surface area contributed by atoms with Crippen LogP contribution in [0.4, 0.5) is 0 Å². The quantitative estimate of drug-likeness (QED) is 0.759. The molecule has 23 heavy (non-hydrogen) atoms. The molecule has 0 bridgehead atoms. The van der Waals surface area contributed by atoms with Gasteiger partial charge in [-0.3, -0.25) is 9.59 Å². The van der Waals surface area contributed by atoms with E-state index in [1.807, 2.05) is 18.2 Å². The van der Waals surface area contributed by atoms with Gasteiger partial charge in [0.25, 0.3) is 0 Å². The van der Waals surface area contributed by atoms with Gasteiger partial charge in [0, 0.05) is 17.5 Å². The van der Waals surface area contributed by atoms with Gasteiger partial charge in [-0.05, 0) is 17.7 Å². The van der Waals surface area contributed by atoms with Crippen molar-refractivity contribution in [3.63, 3.8) is 0 Å². The molecular weight excluding hydrogens is 290 g/mol. The van der Waals surface area contributed by atoms with Crippen molar-refractivity contribution in [3.05, 3.63) is 76.4 Å². The van der Waals surface area contributed by atoms with Crippen molar-refractivity contribution in [2.45, 2.75) is 12.5 Å². The normalized spacial score (nSPS) is 19.0. The zero-order valence-corrected chi connectivity index (χ0v) is 12.1. The number of carbonyl (C=O) groups is 2. The molecule has 1 aliphatic carbocycles. The van der Waals surface area contributed by atoms with E-state index in [2.05, 4.69) is 6.07 Å². The van der Waals surface area contributed by atoms with Crippen molar-refractivity contribution >= 4 is 17.3 Å². The lowest BCUT2D eigenvalue weighted by Gasteiger charge is -2.16. The summed E-state index contributed by atoms with van der Waals surface area (Å²) in [6.45, 7) is 0. The number of hydrogen-bond acceptors (Lipinski definition) is 4. The summed E-state index contributed by atoms with van der Waals surface area (Å²) in [5.74, 6) is -0.433. The first kappa shape index (κ1) is 13.5. The van der Waals surface area contributed by atoms with Crippen LogP contribution in [0.5, 0.6) is 0 Å². The number of benzene rings is 2. The number of carbonyl (C=O) groups excluding carboxylic acids is 2. The van der Waals surface area contributed by atoms with Crippen LogP contribution in [0.15, 0.2) is 54.1 Å². The summed E-state index contributed by atoms with van der Waals surface area (Å²) in [6.07, 6.45) is 0.0656. The van der Waals surface area contributed by atoms with Crippen LogP contribution < -0.4 is 0 Å². The third-order valence-corrected chi connectivity index (χ3v) is 4.23. The summed E-state index contributed by atoms with van der Waals surface area (Å²) in [5, 5.41) is 8.86. The highest BCUT2D eigenvalue weighted by atomic mass is 16.5. The number of ether oxygens (including phenoxy) is 1. The smallest absolute Gasteiger partial charge is 0.234 e. The molecule has 2 aromatic carbocycles. The summed E-state index contributed by atoms with van der Waals surface area (Å²) >= 11 is 0. The Morgan fingerprint density at radius 3 is 2.35 bits per heavy atom. The molecule has 0 spiro atoms. The molecule has 2 aromatic rings. The predicted octanol–water partition coefficient (Wildman–Crippen LogP) is 3.20. The topological polar surface area (TPSA) is 67.2 Å². The van der Waals surface area contributed by atoms with Crippen LogP contribution in [0, 0.1) is 11.3 Å². The molecule has 110 valence electrons. The second-order valence-electron chi connectivity index (χ2n) is 5.56. The fourth-order valence-corrected chi connectivity index (χ4v) is 3.05. The lowest BCUT2D eigenvalue weighted by molar-refractivity contribution is -0.112. The minimum Gasteiger partial charge on any atom is -0.484 e. The molecule has 0 saturated heterocycles. The second kappa shape index (κ2) is 4.92. The minimum absolute atomic E-state index is 0.310. The molecule has 1 atom stereocenters. The van der Waals surface area contributed by atoms with Crippen molar-refractivity contribution in [1.82, 2.24) is 0 Å². The summed E-state index contributed by atoms with van der Waals surface area (Å²) < 4.78 is 5.99. The number of hydrogen-bond donors (Lipinski definition) is 0. The van der Waals surface area contributed by atoms with Crippen molar-refractivity contribution < 1.29 is 14.3 Å². The molecule has 0 fully saturated rings. The SMILES string of the molecule is N#Cc1ccc(C2CC3=C(O2)c2ccccc2C(=O)C3=O)cc1. The standard InChI is InChI=1S/C19H11NO3/c20-10-11-5-7-12(8-6-11)16-9-15-18(22)17(21)13-3-1-2-4-14(13)19(15)23-16/h1-8,16H,9H2. The van der Waals surface area contributed by atoms with Crippen LogP contribution in [0.25, 0.3) is 5.76 Å². The van der Waals surface area contributed by atoms with E-state index in [0.29, 0.717) is 34.4 Å². The van der Waals surface area contributed by atoms with Gasteiger partial charge in [-0.15, -0.1) is 0 Å². The summed E-state index contributed by atoms with van der Waals surface area (Å²) in [6, 6.07) is 16.2. The third-order valence-electron chi connectivity index (χ3n) is 4.23. The maximum Gasteiger partial charge on any atom is 0.234 e. The molecule has 4 nitrogen and oxygen atoms in total. The maximum atomic E-state index is 12.3. The molecule has 4 rings (SSSR count). The molecule has 0 N–H and O–H groups in total. The number of fused-ring (bicyclic) bond motifs is 2. The highest BCUT2D eigenvalue weighted by molar-refractivity contribution is 6.52. The number of Topliss-reactive ketones (excluding diaryl/α,β-unsaturated/α-hetero) is 2. The third kappa shape index (κ3) is 1.98. The molecule has 0 saturated carbocycles. The van der Waals surface area contributed by atoms with E-state index in [9.17, 15) is 9.59 Å². The second-order valence-corrected chi connectivity index (χ2v) is 5.56. The molecule has 0 aromatic heterocycles. The van der Waals surface area contributed by atoms with Crippen molar-refractivity contribution in [2.75, 3.05) is 0 Å². The van der Waals surface area contributed by atoms with Crippen LogP contribution in [-0.2, 0) is 9.53 Å². The lowest BCUT2D eigenvalue weighted by atomic mass is 9.87. The van der Waals surface area contributed by atoms with Crippen molar-refractivity contribution in [1.29, 1.82) is 5.26 Å². The van der Waals surface area contributed by atoms with Crippen LogP contribution >= 0.6 is 0 Å². The molecule has 1 aliphatic heterocycles. The van der Waals surface area contributed by atoms with Crippen molar-refractivity contribution in [3.8, 4) is 6.07 Å². The molecule has 0 radical (unpaired) electrons. The average molecular weight is 301 g/mol. The zero-order chi connectivity index (χ0) is 16.0. The first-order valence-corrected chi connectivity index (χ1v) is 7.27.